The zero-order chi connectivity index (χ0) is 10.8. The van der Waals surface area contributed by atoms with Crippen molar-refractivity contribution < 1.29 is 28.1 Å². The van der Waals surface area contributed by atoms with E-state index in [2.05, 4.69) is 9.72 Å². The van der Waals surface area contributed by atoms with Gasteiger partial charge in [-0.3, -0.25) is 0 Å². The van der Waals surface area contributed by atoms with Gasteiger partial charge in [-0.05, 0) is 0 Å². The van der Waals surface area contributed by atoms with Crippen LogP contribution in [0.15, 0.2) is 12.3 Å². The van der Waals surface area contributed by atoms with E-state index >= 15 is 0 Å². The number of aliphatic hydroxyl groups is 1. The van der Waals surface area contributed by atoms with Gasteiger partial charge in [-0.1, -0.05) is 0 Å². The molecule has 1 heterocycles. The van der Waals surface area contributed by atoms with Crippen LogP contribution in [-0.4, -0.2) is 21.6 Å². The third kappa shape index (κ3) is 2.77. The summed E-state index contributed by atoms with van der Waals surface area (Å²) in [6.07, 6.45) is -4.07. The number of alkyl halides is 3. The molecule has 0 atom stereocenters. The predicted octanol–water partition coefficient (Wildman–Crippen LogP) is 1.18. The van der Waals surface area contributed by atoms with Gasteiger partial charge in [0.05, 0.1) is 12.8 Å². The molecule has 2 N–H and O–H groups in total. The largest absolute Gasteiger partial charge is 0.574 e. The zero-order valence-corrected chi connectivity index (χ0v) is 6.75. The molecule has 0 fully saturated rings. The average molecular weight is 209 g/mol. The number of hydrogen-bond donors (Lipinski definition) is 2. The van der Waals surface area contributed by atoms with Crippen molar-refractivity contribution in [1.29, 1.82) is 0 Å². The first-order valence-corrected chi connectivity index (χ1v) is 3.47. The van der Waals surface area contributed by atoms with Crippen LogP contribution in [0.1, 0.15) is 5.56 Å². The van der Waals surface area contributed by atoms with Gasteiger partial charge in [0.15, 0.2) is 0 Å². The van der Waals surface area contributed by atoms with E-state index in [1.54, 1.807) is 0 Å². The molecule has 0 saturated carbocycles. The van der Waals surface area contributed by atoms with Crippen LogP contribution in [0.4, 0.5) is 13.2 Å². The Labute approximate surface area is 76.6 Å². The highest BCUT2D eigenvalue weighted by molar-refractivity contribution is 5.32. The van der Waals surface area contributed by atoms with Crippen molar-refractivity contribution in [3.63, 3.8) is 0 Å². The molecule has 0 bridgehead atoms. The summed E-state index contributed by atoms with van der Waals surface area (Å²) in [5, 5.41) is 17.6. The van der Waals surface area contributed by atoms with Crippen molar-refractivity contribution in [3.8, 4) is 11.6 Å². The summed E-state index contributed by atoms with van der Waals surface area (Å²) in [4.78, 5) is 3.17. The van der Waals surface area contributed by atoms with Crippen LogP contribution in [0, 0.1) is 0 Å². The average Bonchev–Trinajstić information content (AvgIpc) is 2.06. The Morgan fingerprint density at radius 3 is 2.57 bits per heavy atom. The third-order valence-electron chi connectivity index (χ3n) is 1.33. The van der Waals surface area contributed by atoms with Gasteiger partial charge < -0.3 is 14.9 Å². The van der Waals surface area contributed by atoms with Crippen molar-refractivity contribution in [1.82, 2.24) is 4.98 Å². The standard InChI is InChI=1S/C7H6F3NO3/c8-7(9,10)14-6-1-4(3-12)5(13)2-11-6/h1-2,12-13H,3H2. The Morgan fingerprint density at radius 1 is 1.43 bits per heavy atom. The van der Waals surface area contributed by atoms with E-state index in [1.165, 1.54) is 0 Å². The summed E-state index contributed by atoms with van der Waals surface area (Å²) in [6.45, 7) is -0.595. The van der Waals surface area contributed by atoms with Crippen molar-refractivity contribution in [2.24, 2.45) is 0 Å². The van der Waals surface area contributed by atoms with Gasteiger partial charge in [0, 0.05) is 11.6 Å². The number of rotatable bonds is 2. The summed E-state index contributed by atoms with van der Waals surface area (Å²) < 4.78 is 38.5. The fourth-order valence-corrected chi connectivity index (χ4v) is 0.769. The van der Waals surface area contributed by atoms with Crippen molar-refractivity contribution in [2.45, 2.75) is 13.0 Å². The normalized spacial score (nSPS) is 11.4. The highest BCUT2D eigenvalue weighted by atomic mass is 19.4. The summed E-state index contributed by atoms with van der Waals surface area (Å²) in [5.41, 5.74) is -0.0840. The van der Waals surface area contributed by atoms with Crippen molar-refractivity contribution >= 4 is 0 Å². The molecule has 1 aromatic heterocycles. The van der Waals surface area contributed by atoms with Crippen LogP contribution in [0.2, 0.25) is 0 Å². The maximum Gasteiger partial charge on any atom is 0.574 e. The number of hydrogen-bond acceptors (Lipinski definition) is 4. The molecule has 0 amide bonds. The number of aromatic nitrogens is 1. The molecule has 78 valence electrons. The molecule has 7 heteroatoms. The van der Waals surface area contributed by atoms with E-state index < -0.39 is 18.8 Å². The Balaban J connectivity index is 2.90. The zero-order valence-electron chi connectivity index (χ0n) is 6.75. The van der Waals surface area contributed by atoms with Gasteiger partial charge in [0.1, 0.15) is 5.75 Å². The molecule has 4 nitrogen and oxygen atoms in total. The van der Waals surface area contributed by atoms with E-state index in [0.29, 0.717) is 0 Å². The second-order valence-electron chi connectivity index (χ2n) is 2.36. The van der Waals surface area contributed by atoms with Gasteiger partial charge in [-0.25, -0.2) is 4.98 Å². The lowest BCUT2D eigenvalue weighted by molar-refractivity contribution is -0.276. The lowest BCUT2D eigenvalue weighted by Gasteiger charge is -2.08. The Bertz CT molecular complexity index is 326. The Hall–Kier alpha value is -1.50. The van der Waals surface area contributed by atoms with E-state index in [-0.39, 0.29) is 11.3 Å². The molecule has 0 aromatic carbocycles. The fraction of sp³-hybridized carbons (Fsp3) is 0.286. The Kier molecular flexibility index (Phi) is 2.80. The maximum atomic E-state index is 11.7. The predicted molar refractivity (Wildman–Crippen MR) is 38.5 cm³/mol. The number of aromatic hydroxyl groups is 1. The maximum absolute atomic E-state index is 11.7. The molecular weight excluding hydrogens is 203 g/mol. The van der Waals surface area contributed by atoms with Gasteiger partial charge in [-0.2, -0.15) is 0 Å². The first kappa shape index (κ1) is 10.6. The van der Waals surface area contributed by atoms with E-state index in [1.807, 2.05) is 0 Å². The summed E-state index contributed by atoms with van der Waals surface area (Å²) >= 11 is 0. The summed E-state index contributed by atoms with van der Waals surface area (Å²) in [7, 11) is 0. The second kappa shape index (κ2) is 3.70. The molecule has 0 spiro atoms. The molecule has 0 aliphatic carbocycles. The lowest BCUT2D eigenvalue weighted by Crippen LogP contribution is -2.18. The van der Waals surface area contributed by atoms with E-state index in [9.17, 15) is 13.2 Å². The Morgan fingerprint density at radius 2 is 2.07 bits per heavy atom. The van der Waals surface area contributed by atoms with Gasteiger partial charge in [0.2, 0.25) is 5.88 Å². The van der Waals surface area contributed by atoms with Gasteiger partial charge >= 0.3 is 6.36 Å². The minimum Gasteiger partial charge on any atom is -0.506 e. The lowest BCUT2D eigenvalue weighted by atomic mass is 10.2. The fourth-order valence-electron chi connectivity index (χ4n) is 0.769. The second-order valence-corrected chi connectivity index (χ2v) is 2.36. The number of ether oxygens (including phenoxy) is 1. The van der Waals surface area contributed by atoms with Crippen LogP contribution in [0.5, 0.6) is 11.6 Å². The quantitative estimate of drug-likeness (QED) is 0.767. The summed E-state index contributed by atoms with van der Waals surface area (Å²) in [6, 6.07) is 0.808. The van der Waals surface area contributed by atoms with Gasteiger partial charge in [-0.15, -0.1) is 13.2 Å². The highest BCUT2D eigenvalue weighted by Crippen LogP contribution is 2.24. The first-order valence-electron chi connectivity index (χ1n) is 3.47. The molecule has 1 rings (SSSR count). The molecule has 1 aromatic rings. The minimum atomic E-state index is -4.84. The van der Waals surface area contributed by atoms with Crippen LogP contribution in [-0.2, 0) is 6.61 Å². The van der Waals surface area contributed by atoms with Crippen LogP contribution >= 0.6 is 0 Å². The number of pyridine rings is 1. The molecule has 14 heavy (non-hydrogen) atoms. The van der Waals surface area contributed by atoms with E-state index in [4.69, 9.17) is 10.2 Å². The number of halogens is 3. The molecule has 0 radical (unpaired) electrons. The summed E-state index contributed by atoms with van der Waals surface area (Å²) in [5.74, 6) is -1.11. The van der Waals surface area contributed by atoms with E-state index in [0.717, 1.165) is 12.3 Å². The molecule has 0 saturated heterocycles. The first-order chi connectivity index (χ1) is 6.42. The number of nitrogens with zero attached hydrogens (tertiary/aromatic N) is 1. The monoisotopic (exact) mass is 209 g/mol. The van der Waals surface area contributed by atoms with Crippen molar-refractivity contribution in [3.05, 3.63) is 17.8 Å². The van der Waals surface area contributed by atoms with Crippen molar-refractivity contribution in [2.75, 3.05) is 0 Å². The smallest absolute Gasteiger partial charge is 0.506 e. The number of aliphatic hydroxyl groups excluding tert-OH is 1. The van der Waals surface area contributed by atoms with Crippen LogP contribution < -0.4 is 4.74 Å². The molecule has 0 unspecified atom stereocenters. The molecular formula is C7H6F3NO3. The topological polar surface area (TPSA) is 62.6 Å². The SMILES string of the molecule is OCc1cc(OC(F)(F)F)ncc1O. The molecule has 0 aliphatic heterocycles. The molecule has 0 aliphatic rings. The van der Waals surface area contributed by atoms with Crippen LogP contribution in [0.3, 0.4) is 0 Å². The van der Waals surface area contributed by atoms with Gasteiger partial charge in [0.25, 0.3) is 0 Å². The highest BCUT2D eigenvalue weighted by Gasteiger charge is 2.31. The minimum absolute atomic E-state index is 0.0840. The van der Waals surface area contributed by atoms with Crippen LogP contribution in [0.25, 0.3) is 0 Å². The third-order valence-corrected chi connectivity index (χ3v) is 1.33.